The number of sulfonamides is 1. The van der Waals surface area contributed by atoms with E-state index in [1.54, 1.807) is 0 Å². The van der Waals surface area contributed by atoms with Crippen LogP contribution in [0.15, 0.2) is 30.3 Å². The van der Waals surface area contributed by atoms with E-state index in [0.717, 1.165) is 18.4 Å². The molecule has 0 radical (unpaired) electrons. The molecule has 1 saturated heterocycles. The van der Waals surface area contributed by atoms with Crippen LogP contribution in [0.1, 0.15) is 31.2 Å². The van der Waals surface area contributed by atoms with Crippen molar-refractivity contribution in [1.29, 1.82) is 0 Å². The molecule has 120 valence electrons. The zero-order chi connectivity index (χ0) is 15.7. The summed E-state index contributed by atoms with van der Waals surface area (Å²) in [7, 11) is -3.41. The smallest absolute Gasteiger partial charge is 0.238 e. The third kappa shape index (κ3) is 3.33. The average molecular weight is 322 g/mol. The van der Waals surface area contributed by atoms with Gasteiger partial charge in [-0.3, -0.25) is 4.79 Å². The number of nitrogens with zero attached hydrogens (tertiary/aromatic N) is 2. The highest BCUT2D eigenvalue weighted by Gasteiger charge is 2.38. The number of piperazine rings is 1. The highest BCUT2D eigenvalue weighted by molar-refractivity contribution is 7.89. The van der Waals surface area contributed by atoms with Crippen molar-refractivity contribution in [3.8, 4) is 0 Å². The van der Waals surface area contributed by atoms with Gasteiger partial charge in [0.15, 0.2) is 0 Å². The van der Waals surface area contributed by atoms with Gasteiger partial charge in [0, 0.05) is 19.1 Å². The van der Waals surface area contributed by atoms with Gasteiger partial charge in [0.2, 0.25) is 15.9 Å². The number of amides is 1. The van der Waals surface area contributed by atoms with E-state index in [-0.39, 0.29) is 24.1 Å². The Balaban J connectivity index is 1.64. The molecule has 1 aromatic rings. The van der Waals surface area contributed by atoms with Crippen molar-refractivity contribution in [2.24, 2.45) is 0 Å². The Kier molecular flexibility index (Phi) is 4.23. The molecule has 22 heavy (non-hydrogen) atoms. The molecule has 1 atom stereocenters. The zero-order valence-electron chi connectivity index (χ0n) is 12.8. The van der Waals surface area contributed by atoms with Crippen LogP contribution in [0.5, 0.6) is 0 Å². The summed E-state index contributed by atoms with van der Waals surface area (Å²) in [6, 6.07) is 9.99. The van der Waals surface area contributed by atoms with Crippen molar-refractivity contribution in [3.63, 3.8) is 0 Å². The minimum Gasteiger partial charge on any atom is -0.337 e. The van der Waals surface area contributed by atoms with Gasteiger partial charge in [0.1, 0.15) is 0 Å². The van der Waals surface area contributed by atoms with Gasteiger partial charge in [-0.1, -0.05) is 37.3 Å². The molecule has 1 saturated carbocycles. The van der Waals surface area contributed by atoms with Crippen molar-refractivity contribution in [1.82, 2.24) is 9.21 Å². The minimum atomic E-state index is -3.41. The van der Waals surface area contributed by atoms with Crippen LogP contribution in [0.4, 0.5) is 0 Å². The van der Waals surface area contributed by atoms with Gasteiger partial charge in [0.05, 0.1) is 12.3 Å². The fraction of sp³-hybridized carbons (Fsp3) is 0.562. The van der Waals surface area contributed by atoms with Crippen LogP contribution >= 0.6 is 0 Å². The summed E-state index contributed by atoms with van der Waals surface area (Å²) in [5.74, 6) is -0.0827. The Morgan fingerprint density at radius 3 is 2.45 bits per heavy atom. The molecule has 2 fully saturated rings. The molecule has 1 aliphatic heterocycles. The summed E-state index contributed by atoms with van der Waals surface area (Å²) >= 11 is 0. The van der Waals surface area contributed by atoms with Gasteiger partial charge >= 0.3 is 0 Å². The largest absolute Gasteiger partial charge is 0.337 e. The Morgan fingerprint density at radius 2 is 1.86 bits per heavy atom. The lowest BCUT2D eigenvalue weighted by Crippen LogP contribution is -2.53. The number of rotatable bonds is 5. The number of carbonyl (C=O) groups is 1. The molecule has 1 aromatic carbocycles. The summed E-state index contributed by atoms with van der Waals surface area (Å²) < 4.78 is 26.5. The molecule has 2 aliphatic rings. The second-order valence-corrected chi connectivity index (χ2v) is 8.26. The molecule has 6 heteroatoms. The Labute approximate surface area is 132 Å². The fourth-order valence-electron chi connectivity index (χ4n) is 2.97. The summed E-state index contributed by atoms with van der Waals surface area (Å²) in [5.41, 5.74) is 1.01. The van der Waals surface area contributed by atoms with Crippen LogP contribution in [0.2, 0.25) is 0 Å². The van der Waals surface area contributed by atoms with Crippen LogP contribution in [0.25, 0.3) is 0 Å². The van der Waals surface area contributed by atoms with E-state index >= 15 is 0 Å². The first-order valence-corrected chi connectivity index (χ1v) is 9.40. The zero-order valence-corrected chi connectivity index (χ0v) is 13.6. The van der Waals surface area contributed by atoms with Crippen molar-refractivity contribution in [2.75, 3.05) is 25.4 Å². The first kappa shape index (κ1) is 15.5. The molecule has 0 bridgehead atoms. The van der Waals surface area contributed by atoms with E-state index in [1.807, 2.05) is 42.2 Å². The Morgan fingerprint density at radius 1 is 1.18 bits per heavy atom. The summed E-state index contributed by atoms with van der Waals surface area (Å²) in [6.45, 7) is 2.87. The van der Waals surface area contributed by atoms with E-state index < -0.39 is 10.0 Å². The molecule has 1 amide bonds. The van der Waals surface area contributed by atoms with E-state index in [4.69, 9.17) is 0 Å². The van der Waals surface area contributed by atoms with Gasteiger partial charge in [-0.2, -0.15) is 4.31 Å². The molecule has 1 unspecified atom stereocenters. The minimum absolute atomic E-state index is 0.000340. The van der Waals surface area contributed by atoms with E-state index in [9.17, 15) is 13.2 Å². The van der Waals surface area contributed by atoms with E-state index in [1.165, 1.54) is 4.31 Å². The predicted octanol–water partition coefficient (Wildman–Crippen LogP) is 1.43. The van der Waals surface area contributed by atoms with Crippen molar-refractivity contribution in [2.45, 2.75) is 31.7 Å². The van der Waals surface area contributed by atoms with Gasteiger partial charge in [-0.25, -0.2) is 8.42 Å². The number of hydrogen-bond acceptors (Lipinski definition) is 3. The summed E-state index contributed by atoms with van der Waals surface area (Å²) in [5, 5.41) is 0. The lowest BCUT2D eigenvalue weighted by molar-refractivity contribution is -0.134. The molecule has 3 rings (SSSR count). The SMILES string of the molecule is CC(CS(=O)(=O)N1CCN(C2CC2)C(=O)C1)c1ccccc1. The van der Waals surface area contributed by atoms with Gasteiger partial charge in [-0.15, -0.1) is 0 Å². The van der Waals surface area contributed by atoms with Gasteiger partial charge in [-0.05, 0) is 24.3 Å². The van der Waals surface area contributed by atoms with E-state index in [0.29, 0.717) is 19.1 Å². The number of carbonyl (C=O) groups excluding carboxylic acids is 1. The van der Waals surface area contributed by atoms with Crippen LogP contribution in [0.3, 0.4) is 0 Å². The highest BCUT2D eigenvalue weighted by Crippen LogP contribution is 2.29. The first-order valence-electron chi connectivity index (χ1n) is 7.79. The third-order valence-electron chi connectivity index (χ3n) is 4.43. The molecule has 5 nitrogen and oxygen atoms in total. The standard InChI is InChI=1S/C16H22N2O3S/c1-13(14-5-3-2-4-6-14)12-22(20,21)17-9-10-18(15-7-8-15)16(19)11-17/h2-6,13,15H,7-12H2,1H3. The van der Waals surface area contributed by atoms with Crippen LogP contribution < -0.4 is 0 Å². The predicted molar refractivity (Wildman–Crippen MR) is 85.0 cm³/mol. The lowest BCUT2D eigenvalue weighted by Gasteiger charge is -2.34. The summed E-state index contributed by atoms with van der Waals surface area (Å²) in [6.07, 6.45) is 2.12. The topological polar surface area (TPSA) is 57.7 Å². The molecular weight excluding hydrogens is 300 g/mol. The molecule has 1 heterocycles. The Hall–Kier alpha value is -1.40. The molecule has 0 N–H and O–H groups in total. The molecule has 0 aromatic heterocycles. The maximum Gasteiger partial charge on any atom is 0.238 e. The monoisotopic (exact) mass is 322 g/mol. The lowest BCUT2D eigenvalue weighted by atomic mass is 10.0. The Bertz CT molecular complexity index is 641. The average Bonchev–Trinajstić information content (AvgIpc) is 3.32. The second-order valence-electron chi connectivity index (χ2n) is 6.24. The first-order chi connectivity index (χ1) is 10.5. The van der Waals surface area contributed by atoms with Crippen LogP contribution in [0, 0.1) is 0 Å². The maximum absolute atomic E-state index is 12.6. The van der Waals surface area contributed by atoms with Crippen molar-refractivity contribution >= 4 is 15.9 Å². The van der Waals surface area contributed by atoms with Crippen LogP contribution in [-0.4, -0.2) is 55.0 Å². The maximum atomic E-state index is 12.6. The molecule has 1 aliphatic carbocycles. The normalized spacial score (nSPS) is 21.9. The molecule has 0 spiro atoms. The van der Waals surface area contributed by atoms with Gasteiger partial charge in [0.25, 0.3) is 0 Å². The van der Waals surface area contributed by atoms with Crippen LogP contribution in [-0.2, 0) is 14.8 Å². The molecular formula is C16H22N2O3S. The number of hydrogen-bond donors (Lipinski definition) is 0. The third-order valence-corrected chi connectivity index (χ3v) is 6.45. The summed E-state index contributed by atoms with van der Waals surface area (Å²) in [4.78, 5) is 13.9. The number of benzene rings is 1. The second kappa shape index (κ2) is 6.01. The fourth-order valence-corrected chi connectivity index (χ4v) is 4.68. The van der Waals surface area contributed by atoms with Crippen molar-refractivity contribution < 1.29 is 13.2 Å². The highest BCUT2D eigenvalue weighted by atomic mass is 32.2. The van der Waals surface area contributed by atoms with Crippen molar-refractivity contribution in [3.05, 3.63) is 35.9 Å². The van der Waals surface area contributed by atoms with E-state index in [2.05, 4.69) is 0 Å². The van der Waals surface area contributed by atoms with Gasteiger partial charge < -0.3 is 4.90 Å². The quantitative estimate of drug-likeness (QED) is 0.824.